The quantitative estimate of drug-likeness (QED) is 0.573. The summed E-state index contributed by atoms with van der Waals surface area (Å²) in [5, 5.41) is 6.53. The monoisotopic (exact) mass is 226 g/mol. The van der Waals surface area contributed by atoms with Crippen LogP contribution in [0.4, 0.5) is 5.82 Å². The average molecular weight is 226 g/mol. The van der Waals surface area contributed by atoms with E-state index in [9.17, 15) is 4.79 Å². The Hall–Kier alpha value is -1.30. The second-order valence-electron chi connectivity index (χ2n) is 2.80. The van der Waals surface area contributed by atoms with E-state index in [2.05, 4.69) is 20.6 Å². The number of thioether (sulfide) groups is 1. The molecule has 1 amide bonds. The van der Waals surface area contributed by atoms with E-state index in [1.807, 2.05) is 12.3 Å². The van der Waals surface area contributed by atoms with Gasteiger partial charge >= 0.3 is 0 Å². The predicted octanol–water partition coefficient (Wildman–Crippen LogP) is 0.746. The fourth-order valence-electron chi connectivity index (χ4n) is 0.977. The number of hydrogen-bond donors (Lipinski definition) is 2. The first-order chi connectivity index (χ1) is 7.26. The molecule has 0 aliphatic rings. The second-order valence-corrected chi connectivity index (χ2v) is 3.62. The topological polar surface area (TPSA) is 66.9 Å². The van der Waals surface area contributed by atoms with Gasteiger partial charge in [-0.15, -0.1) is 11.8 Å². The molecule has 82 valence electrons. The average Bonchev–Trinajstić information content (AvgIpc) is 2.29. The van der Waals surface area contributed by atoms with Crippen LogP contribution in [0.5, 0.6) is 0 Å². The Morgan fingerprint density at radius 1 is 1.53 bits per heavy atom. The summed E-state index contributed by atoms with van der Waals surface area (Å²) in [4.78, 5) is 19.0. The summed E-state index contributed by atoms with van der Waals surface area (Å²) < 4.78 is 0. The van der Waals surface area contributed by atoms with Crippen molar-refractivity contribution >= 4 is 23.5 Å². The maximum Gasteiger partial charge on any atom is 0.221 e. The van der Waals surface area contributed by atoms with Gasteiger partial charge in [-0.1, -0.05) is 0 Å². The van der Waals surface area contributed by atoms with Crippen molar-refractivity contribution in [2.24, 2.45) is 0 Å². The molecule has 1 heterocycles. The Labute approximate surface area is 93.1 Å². The third-order valence-electron chi connectivity index (χ3n) is 1.79. The lowest BCUT2D eigenvalue weighted by molar-refractivity contribution is -0.120. The van der Waals surface area contributed by atoms with Crippen molar-refractivity contribution in [2.75, 3.05) is 25.2 Å². The Morgan fingerprint density at radius 2 is 2.33 bits per heavy atom. The highest BCUT2D eigenvalue weighted by Crippen LogP contribution is 2.13. The van der Waals surface area contributed by atoms with Gasteiger partial charge in [-0.2, -0.15) is 0 Å². The molecule has 0 unspecified atom stereocenters. The minimum Gasteiger partial charge on any atom is -0.369 e. The van der Waals surface area contributed by atoms with Crippen molar-refractivity contribution in [3.8, 4) is 0 Å². The lowest BCUT2D eigenvalue weighted by Crippen LogP contribution is -2.21. The Bertz CT molecular complexity index is 332. The Kier molecular flexibility index (Phi) is 4.89. The second kappa shape index (κ2) is 6.23. The zero-order chi connectivity index (χ0) is 11.1. The van der Waals surface area contributed by atoms with Gasteiger partial charge in [-0.05, 0) is 6.26 Å². The van der Waals surface area contributed by atoms with Gasteiger partial charge in [0.25, 0.3) is 0 Å². The first kappa shape index (κ1) is 11.8. The third kappa shape index (κ3) is 4.16. The van der Waals surface area contributed by atoms with Crippen LogP contribution in [0.3, 0.4) is 0 Å². The number of carbonyl (C=O) groups is 1. The van der Waals surface area contributed by atoms with Crippen molar-refractivity contribution in [2.45, 2.75) is 11.4 Å². The van der Waals surface area contributed by atoms with Crippen LogP contribution in [0.1, 0.15) is 6.42 Å². The molecule has 0 fully saturated rings. The number of nitrogens with one attached hydrogen (secondary N) is 2. The summed E-state index contributed by atoms with van der Waals surface area (Å²) in [6.07, 6.45) is 3.90. The first-order valence-electron chi connectivity index (χ1n) is 4.56. The van der Waals surface area contributed by atoms with Crippen LogP contribution in [0.25, 0.3) is 0 Å². The number of aromatic nitrogens is 2. The summed E-state index contributed by atoms with van der Waals surface area (Å²) in [6.45, 7) is 0.574. The normalized spacial score (nSPS) is 9.73. The van der Waals surface area contributed by atoms with E-state index in [-0.39, 0.29) is 5.91 Å². The number of nitrogens with zero attached hydrogens (tertiary/aromatic N) is 2. The molecule has 0 saturated carbocycles. The summed E-state index contributed by atoms with van der Waals surface area (Å²) in [6, 6.07) is 1.86. The maximum atomic E-state index is 10.9. The molecule has 0 aliphatic carbocycles. The zero-order valence-corrected chi connectivity index (χ0v) is 9.60. The Balaban J connectivity index is 2.40. The van der Waals surface area contributed by atoms with Gasteiger partial charge in [0.15, 0.2) is 0 Å². The summed E-state index contributed by atoms with van der Waals surface area (Å²) in [5.74, 6) is 0.764. The fourth-order valence-corrected chi connectivity index (χ4v) is 1.36. The molecule has 2 N–H and O–H groups in total. The zero-order valence-electron chi connectivity index (χ0n) is 8.78. The smallest absolute Gasteiger partial charge is 0.221 e. The van der Waals surface area contributed by atoms with Crippen molar-refractivity contribution < 1.29 is 4.79 Å². The lowest BCUT2D eigenvalue weighted by Gasteiger charge is -2.05. The van der Waals surface area contributed by atoms with E-state index in [0.717, 1.165) is 10.8 Å². The van der Waals surface area contributed by atoms with Crippen LogP contribution in [0.15, 0.2) is 17.4 Å². The van der Waals surface area contributed by atoms with E-state index >= 15 is 0 Å². The van der Waals surface area contributed by atoms with Gasteiger partial charge in [0.2, 0.25) is 5.91 Å². The van der Waals surface area contributed by atoms with Gasteiger partial charge < -0.3 is 10.6 Å². The number of carbonyl (C=O) groups excluding carboxylic acids is 1. The van der Waals surface area contributed by atoms with Crippen LogP contribution in [-0.4, -0.2) is 35.7 Å². The summed E-state index contributed by atoms with van der Waals surface area (Å²) in [7, 11) is 1.62. The summed E-state index contributed by atoms with van der Waals surface area (Å²) in [5.41, 5.74) is 0. The lowest BCUT2D eigenvalue weighted by atomic mass is 10.4. The van der Waals surface area contributed by atoms with Crippen molar-refractivity contribution in [3.63, 3.8) is 0 Å². The predicted molar refractivity (Wildman–Crippen MR) is 61.0 cm³/mol. The van der Waals surface area contributed by atoms with Gasteiger partial charge in [-0.3, -0.25) is 4.79 Å². The molecule has 0 aromatic carbocycles. The van der Waals surface area contributed by atoms with Gasteiger partial charge in [0, 0.05) is 26.1 Å². The fraction of sp³-hybridized carbons (Fsp3) is 0.444. The first-order valence-corrected chi connectivity index (χ1v) is 5.79. The molecule has 0 aliphatic heterocycles. The van der Waals surface area contributed by atoms with Crippen LogP contribution in [0.2, 0.25) is 0 Å². The van der Waals surface area contributed by atoms with E-state index in [1.54, 1.807) is 18.8 Å². The largest absolute Gasteiger partial charge is 0.369 e. The van der Waals surface area contributed by atoms with Crippen LogP contribution in [-0.2, 0) is 4.79 Å². The van der Waals surface area contributed by atoms with Crippen LogP contribution in [0, 0.1) is 0 Å². The van der Waals surface area contributed by atoms with Gasteiger partial charge in [0.1, 0.15) is 17.2 Å². The van der Waals surface area contributed by atoms with Crippen molar-refractivity contribution in [1.29, 1.82) is 0 Å². The SMILES string of the molecule is CNC(=O)CCNc1cc(SC)ncn1. The molecule has 0 atom stereocenters. The Morgan fingerprint density at radius 3 is 3.00 bits per heavy atom. The van der Waals surface area contributed by atoms with E-state index in [1.165, 1.54) is 6.33 Å². The number of rotatable bonds is 5. The highest BCUT2D eigenvalue weighted by Gasteiger charge is 1.99. The van der Waals surface area contributed by atoms with E-state index < -0.39 is 0 Å². The van der Waals surface area contributed by atoms with E-state index in [4.69, 9.17) is 0 Å². The number of anilines is 1. The van der Waals surface area contributed by atoms with Crippen molar-refractivity contribution in [1.82, 2.24) is 15.3 Å². The van der Waals surface area contributed by atoms with Crippen LogP contribution < -0.4 is 10.6 Å². The molecule has 0 spiro atoms. The molecule has 6 heteroatoms. The summed E-state index contributed by atoms with van der Waals surface area (Å²) >= 11 is 1.56. The van der Waals surface area contributed by atoms with Crippen molar-refractivity contribution in [3.05, 3.63) is 12.4 Å². The third-order valence-corrected chi connectivity index (χ3v) is 2.43. The molecule has 1 aromatic heterocycles. The molecule has 15 heavy (non-hydrogen) atoms. The molecular formula is C9H14N4OS. The minimum atomic E-state index is 0.0154. The molecular weight excluding hydrogens is 212 g/mol. The van der Waals surface area contributed by atoms with Crippen LogP contribution >= 0.6 is 11.8 Å². The molecule has 5 nitrogen and oxygen atoms in total. The highest BCUT2D eigenvalue weighted by molar-refractivity contribution is 7.98. The van der Waals surface area contributed by atoms with Gasteiger partial charge in [-0.25, -0.2) is 9.97 Å². The van der Waals surface area contributed by atoms with E-state index in [0.29, 0.717) is 13.0 Å². The molecule has 1 rings (SSSR count). The standard InChI is InChI=1S/C9H14N4OS/c1-10-8(14)3-4-11-7-5-9(15-2)13-6-12-7/h5-6H,3-4H2,1-2H3,(H,10,14)(H,11,12,13). The van der Waals surface area contributed by atoms with Gasteiger partial charge in [0.05, 0.1) is 0 Å². The number of amides is 1. The molecule has 0 bridgehead atoms. The number of hydrogen-bond acceptors (Lipinski definition) is 5. The maximum absolute atomic E-state index is 10.9. The molecule has 0 radical (unpaired) electrons. The minimum absolute atomic E-state index is 0.0154. The molecule has 1 aromatic rings. The highest BCUT2D eigenvalue weighted by atomic mass is 32.2. The molecule has 0 saturated heterocycles.